The Bertz CT molecular complexity index is 586. The van der Waals surface area contributed by atoms with Crippen LogP contribution in [0.1, 0.15) is 30.4 Å². The third-order valence-corrected chi connectivity index (χ3v) is 4.04. The number of hydrogen-bond acceptors (Lipinski definition) is 3. The molecule has 1 amide bonds. The van der Waals surface area contributed by atoms with E-state index in [9.17, 15) is 4.79 Å². The average molecular weight is 298 g/mol. The SMILES string of the molecule is O=C(NCc1ccc(Cn2ccnc2)cc1)C1CCCCN1. The topological polar surface area (TPSA) is 59.0 Å². The van der Waals surface area contributed by atoms with E-state index in [0.717, 1.165) is 31.5 Å². The summed E-state index contributed by atoms with van der Waals surface area (Å²) in [6.45, 7) is 2.35. The molecule has 0 aliphatic carbocycles. The molecule has 1 unspecified atom stereocenters. The minimum absolute atomic E-state index is 0.0192. The lowest BCUT2D eigenvalue weighted by molar-refractivity contribution is -0.123. The molecule has 5 heteroatoms. The van der Waals surface area contributed by atoms with E-state index >= 15 is 0 Å². The normalized spacial score (nSPS) is 18.1. The summed E-state index contributed by atoms with van der Waals surface area (Å²) in [5.74, 6) is 0.113. The van der Waals surface area contributed by atoms with Crippen LogP contribution in [0, 0.1) is 0 Å². The van der Waals surface area contributed by atoms with Crippen LogP contribution in [-0.2, 0) is 17.9 Å². The zero-order chi connectivity index (χ0) is 15.2. The van der Waals surface area contributed by atoms with Crippen molar-refractivity contribution in [1.29, 1.82) is 0 Å². The fourth-order valence-electron chi connectivity index (χ4n) is 2.74. The highest BCUT2D eigenvalue weighted by molar-refractivity contribution is 5.81. The Hall–Kier alpha value is -2.14. The first-order valence-electron chi connectivity index (χ1n) is 7.86. The lowest BCUT2D eigenvalue weighted by Gasteiger charge is -2.22. The number of nitrogens with zero attached hydrogens (tertiary/aromatic N) is 2. The largest absolute Gasteiger partial charge is 0.351 e. The summed E-state index contributed by atoms with van der Waals surface area (Å²) < 4.78 is 2.03. The molecule has 1 atom stereocenters. The number of nitrogens with one attached hydrogen (secondary N) is 2. The highest BCUT2D eigenvalue weighted by Gasteiger charge is 2.19. The molecule has 0 bridgehead atoms. The molecule has 0 saturated carbocycles. The lowest BCUT2D eigenvalue weighted by atomic mass is 10.0. The molecule has 116 valence electrons. The number of imidazole rings is 1. The number of carbonyl (C=O) groups is 1. The molecule has 1 aliphatic rings. The smallest absolute Gasteiger partial charge is 0.237 e. The van der Waals surface area contributed by atoms with Crippen molar-refractivity contribution in [3.05, 3.63) is 54.1 Å². The van der Waals surface area contributed by atoms with E-state index in [2.05, 4.69) is 39.9 Å². The van der Waals surface area contributed by atoms with Gasteiger partial charge in [-0.1, -0.05) is 30.7 Å². The van der Waals surface area contributed by atoms with Crippen LogP contribution in [0.25, 0.3) is 0 Å². The predicted molar refractivity (Wildman–Crippen MR) is 85.3 cm³/mol. The Morgan fingerprint density at radius 1 is 1.27 bits per heavy atom. The number of hydrogen-bond donors (Lipinski definition) is 2. The molecule has 1 aromatic heterocycles. The lowest BCUT2D eigenvalue weighted by Crippen LogP contribution is -2.46. The van der Waals surface area contributed by atoms with Gasteiger partial charge < -0.3 is 15.2 Å². The minimum atomic E-state index is -0.0192. The molecule has 2 aromatic rings. The van der Waals surface area contributed by atoms with Gasteiger partial charge in [0.25, 0.3) is 0 Å². The third-order valence-electron chi connectivity index (χ3n) is 4.04. The molecule has 3 rings (SSSR count). The molecular weight excluding hydrogens is 276 g/mol. The van der Waals surface area contributed by atoms with Crippen molar-refractivity contribution in [2.75, 3.05) is 6.54 Å². The fourth-order valence-corrected chi connectivity index (χ4v) is 2.74. The van der Waals surface area contributed by atoms with Crippen molar-refractivity contribution in [3.8, 4) is 0 Å². The van der Waals surface area contributed by atoms with Crippen LogP contribution in [-0.4, -0.2) is 28.0 Å². The maximum absolute atomic E-state index is 12.1. The molecule has 5 nitrogen and oxygen atoms in total. The standard InChI is InChI=1S/C17H22N4O/c22-17(16-3-1-2-8-19-16)20-11-14-4-6-15(7-5-14)12-21-10-9-18-13-21/h4-7,9-10,13,16,19H,1-3,8,11-12H2,(H,20,22). The number of carbonyl (C=O) groups excluding carboxylic acids is 1. The van der Waals surface area contributed by atoms with Crippen molar-refractivity contribution in [3.63, 3.8) is 0 Å². The van der Waals surface area contributed by atoms with Crippen LogP contribution in [0.2, 0.25) is 0 Å². The van der Waals surface area contributed by atoms with Crippen LogP contribution in [0.3, 0.4) is 0 Å². The second kappa shape index (κ2) is 7.22. The van der Waals surface area contributed by atoms with E-state index in [1.54, 1.807) is 6.20 Å². The molecule has 1 aliphatic heterocycles. The molecule has 1 fully saturated rings. The van der Waals surface area contributed by atoms with Gasteiger partial charge in [0.2, 0.25) is 5.91 Å². The van der Waals surface area contributed by atoms with E-state index in [1.165, 1.54) is 12.0 Å². The molecule has 0 spiro atoms. The Morgan fingerprint density at radius 2 is 2.09 bits per heavy atom. The zero-order valence-electron chi connectivity index (χ0n) is 12.7. The number of benzene rings is 1. The second-order valence-electron chi connectivity index (χ2n) is 5.77. The van der Waals surface area contributed by atoms with Crippen molar-refractivity contribution in [1.82, 2.24) is 20.2 Å². The maximum Gasteiger partial charge on any atom is 0.237 e. The van der Waals surface area contributed by atoms with Crippen molar-refractivity contribution in [2.45, 2.75) is 38.4 Å². The van der Waals surface area contributed by atoms with E-state index in [0.29, 0.717) is 6.54 Å². The Morgan fingerprint density at radius 3 is 2.77 bits per heavy atom. The van der Waals surface area contributed by atoms with Crippen LogP contribution in [0.15, 0.2) is 43.0 Å². The van der Waals surface area contributed by atoms with Gasteiger partial charge in [0.1, 0.15) is 0 Å². The van der Waals surface area contributed by atoms with E-state index in [1.807, 2.05) is 17.1 Å². The van der Waals surface area contributed by atoms with Gasteiger partial charge in [0, 0.05) is 25.5 Å². The highest BCUT2D eigenvalue weighted by Crippen LogP contribution is 2.09. The minimum Gasteiger partial charge on any atom is -0.351 e. The number of amides is 1. The zero-order valence-corrected chi connectivity index (χ0v) is 12.7. The van der Waals surface area contributed by atoms with Crippen molar-refractivity contribution >= 4 is 5.91 Å². The molecule has 0 radical (unpaired) electrons. The second-order valence-corrected chi connectivity index (χ2v) is 5.77. The van der Waals surface area contributed by atoms with Gasteiger partial charge in [0.15, 0.2) is 0 Å². The Kier molecular flexibility index (Phi) is 4.85. The Labute approximate surface area is 130 Å². The average Bonchev–Trinajstić information content (AvgIpc) is 3.08. The van der Waals surface area contributed by atoms with E-state index in [4.69, 9.17) is 0 Å². The van der Waals surface area contributed by atoms with Crippen LogP contribution < -0.4 is 10.6 Å². The number of piperidine rings is 1. The molecule has 2 heterocycles. The van der Waals surface area contributed by atoms with Gasteiger partial charge >= 0.3 is 0 Å². The number of aromatic nitrogens is 2. The summed E-state index contributed by atoms with van der Waals surface area (Å²) in [6.07, 6.45) is 8.78. The first-order valence-corrected chi connectivity index (χ1v) is 7.86. The molecule has 22 heavy (non-hydrogen) atoms. The van der Waals surface area contributed by atoms with Gasteiger partial charge in [-0.2, -0.15) is 0 Å². The van der Waals surface area contributed by atoms with E-state index < -0.39 is 0 Å². The van der Waals surface area contributed by atoms with Gasteiger partial charge in [0.05, 0.1) is 12.4 Å². The Balaban J connectivity index is 1.49. The third kappa shape index (κ3) is 3.95. The maximum atomic E-state index is 12.1. The summed E-state index contributed by atoms with van der Waals surface area (Å²) in [5, 5.41) is 6.29. The summed E-state index contributed by atoms with van der Waals surface area (Å²) in [7, 11) is 0. The molecule has 2 N–H and O–H groups in total. The van der Waals surface area contributed by atoms with Crippen LogP contribution >= 0.6 is 0 Å². The van der Waals surface area contributed by atoms with Crippen molar-refractivity contribution < 1.29 is 4.79 Å². The van der Waals surface area contributed by atoms with E-state index in [-0.39, 0.29) is 11.9 Å². The van der Waals surface area contributed by atoms with Gasteiger partial charge in [-0.25, -0.2) is 4.98 Å². The van der Waals surface area contributed by atoms with Gasteiger partial charge in [-0.05, 0) is 30.5 Å². The van der Waals surface area contributed by atoms with Gasteiger partial charge in [-0.15, -0.1) is 0 Å². The van der Waals surface area contributed by atoms with Gasteiger partial charge in [-0.3, -0.25) is 4.79 Å². The number of rotatable bonds is 5. The summed E-state index contributed by atoms with van der Waals surface area (Å²) in [5.41, 5.74) is 2.35. The highest BCUT2D eigenvalue weighted by atomic mass is 16.2. The monoisotopic (exact) mass is 298 g/mol. The fraction of sp³-hybridized carbons (Fsp3) is 0.412. The first-order chi connectivity index (χ1) is 10.8. The van der Waals surface area contributed by atoms with Crippen LogP contribution in [0.4, 0.5) is 0 Å². The van der Waals surface area contributed by atoms with Crippen LogP contribution in [0.5, 0.6) is 0 Å². The van der Waals surface area contributed by atoms with Crippen molar-refractivity contribution in [2.24, 2.45) is 0 Å². The summed E-state index contributed by atoms with van der Waals surface area (Å²) in [6, 6.07) is 8.32. The predicted octanol–water partition coefficient (Wildman–Crippen LogP) is 1.69. The molecular formula is C17H22N4O. The molecule has 1 aromatic carbocycles. The summed E-state index contributed by atoms with van der Waals surface area (Å²) in [4.78, 5) is 16.1. The first kappa shape index (κ1) is 14.8. The molecule has 1 saturated heterocycles. The quantitative estimate of drug-likeness (QED) is 0.883. The summed E-state index contributed by atoms with van der Waals surface area (Å²) >= 11 is 0.